The lowest BCUT2D eigenvalue weighted by molar-refractivity contribution is 0.281. The van der Waals surface area contributed by atoms with E-state index in [-0.39, 0.29) is 23.1 Å². The molecule has 2 rings (SSSR count). The first-order chi connectivity index (χ1) is 9.97. The SMILES string of the molecule is COc1ccc(CO)cc1S(=O)(=O)NC(C)c1nn[nH]n1. The van der Waals surface area contributed by atoms with Crippen molar-refractivity contribution in [3.63, 3.8) is 0 Å². The van der Waals surface area contributed by atoms with Crippen LogP contribution in [0.1, 0.15) is 24.4 Å². The zero-order chi connectivity index (χ0) is 15.5. The summed E-state index contributed by atoms with van der Waals surface area (Å²) in [6, 6.07) is 3.75. The molecule has 0 bridgehead atoms. The molecule has 10 heteroatoms. The van der Waals surface area contributed by atoms with Gasteiger partial charge in [0.05, 0.1) is 19.8 Å². The highest BCUT2D eigenvalue weighted by Crippen LogP contribution is 2.26. The van der Waals surface area contributed by atoms with Crippen LogP contribution in [0.25, 0.3) is 0 Å². The molecule has 0 aliphatic rings. The minimum atomic E-state index is -3.87. The van der Waals surface area contributed by atoms with Crippen LogP contribution in [-0.4, -0.2) is 41.3 Å². The minimum Gasteiger partial charge on any atom is -0.495 e. The maximum atomic E-state index is 12.4. The summed E-state index contributed by atoms with van der Waals surface area (Å²) in [6.07, 6.45) is 0. The first-order valence-corrected chi connectivity index (χ1v) is 7.49. The van der Waals surface area contributed by atoms with E-state index in [0.29, 0.717) is 5.56 Å². The van der Waals surface area contributed by atoms with Crippen molar-refractivity contribution in [3.8, 4) is 5.75 Å². The number of nitrogens with zero attached hydrogens (tertiary/aromatic N) is 3. The van der Waals surface area contributed by atoms with E-state index >= 15 is 0 Å². The molecule has 1 heterocycles. The van der Waals surface area contributed by atoms with Crippen molar-refractivity contribution in [2.75, 3.05) is 7.11 Å². The Hall–Kier alpha value is -2.04. The number of aliphatic hydroxyl groups is 1. The first-order valence-electron chi connectivity index (χ1n) is 6.01. The van der Waals surface area contributed by atoms with E-state index in [2.05, 4.69) is 25.3 Å². The van der Waals surface area contributed by atoms with Crippen LogP contribution in [0.4, 0.5) is 0 Å². The number of aromatic amines is 1. The second kappa shape index (κ2) is 6.16. The summed E-state index contributed by atoms with van der Waals surface area (Å²) in [5, 5.41) is 22.2. The van der Waals surface area contributed by atoms with Gasteiger partial charge in [0.15, 0.2) is 5.82 Å². The average Bonchev–Trinajstić information content (AvgIpc) is 3.00. The van der Waals surface area contributed by atoms with Crippen molar-refractivity contribution in [3.05, 3.63) is 29.6 Å². The zero-order valence-electron chi connectivity index (χ0n) is 11.4. The zero-order valence-corrected chi connectivity index (χ0v) is 12.3. The maximum absolute atomic E-state index is 12.4. The van der Waals surface area contributed by atoms with Crippen molar-refractivity contribution in [2.24, 2.45) is 0 Å². The van der Waals surface area contributed by atoms with Crippen LogP contribution in [0.2, 0.25) is 0 Å². The van der Waals surface area contributed by atoms with E-state index < -0.39 is 16.1 Å². The fourth-order valence-electron chi connectivity index (χ4n) is 1.73. The van der Waals surface area contributed by atoms with E-state index in [9.17, 15) is 8.42 Å². The van der Waals surface area contributed by atoms with E-state index in [0.717, 1.165) is 0 Å². The summed E-state index contributed by atoms with van der Waals surface area (Å²) >= 11 is 0. The Morgan fingerprint density at radius 2 is 2.24 bits per heavy atom. The smallest absolute Gasteiger partial charge is 0.244 e. The van der Waals surface area contributed by atoms with Crippen molar-refractivity contribution in [2.45, 2.75) is 24.5 Å². The summed E-state index contributed by atoms with van der Waals surface area (Å²) < 4.78 is 32.3. The molecule has 0 fully saturated rings. The predicted molar refractivity (Wildman–Crippen MR) is 71.8 cm³/mol. The molecule has 1 aromatic carbocycles. The van der Waals surface area contributed by atoms with Crippen LogP contribution < -0.4 is 9.46 Å². The third-order valence-electron chi connectivity index (χ3n) is 2.78. The molecule has 0 spiro atoms. The van der Waals surface area contributed by atoms with Crippen LogP contribution >= 0.6 is 0 Å². The molecule has 1 aromatic heterocycles. The molecule has 9 nitrogen and oxygen atoms in total. The highest BCUT2D eigenvalue weighted by molar-refractivity contribution is 7.89. The number of sulfonamides is 1. The highest BCUT2D eigenvalue weighted by Gasteiger charge is 2.24. The summed E-state index contributed by atoms with van der Waals surface area (Å²) in [7, 11) is -2.50. The number of benzene rings is 1. The van der Waals surface area contributed by atoms with Crippen LogP contribution in [0.5, 0.6) is 5.75 Å². The van der Waals surface area contributed by atoms with Crippen molar-refractivity contribution in [1.29, 1.82) is 0 Å². The van der Waals surface area contributed by atoms with Crippen LogP contribution in [0.3, 0.4) is 0 Å². The number of ether oxygens (including phenoxy) is 1. The van der Waals surface area contributed by atoms with Gasteiger partial charge in [-0.05, 0) is 24.6 Å². The molecule has 114 valence electrons. The molecule has 0 aliphatic carbocycles. The van der Waals surface area contributed by atoms with Gasteiger partial charge >= 0.3 is 0 Å². The summed E-state index contributed by atoms with van der Waals surface area (Å²) in [5.41, 5.74) is 0.461. The minimum absolute atomic E-state index is 0.0631. The fourth-order valence-corrected chi connectivity index (χ4v) is 3.15. The molecular weight excluding hydrogens is 298 g/mol. The van der Waals surface area contributed by atoms with Gasteiger partial charge in [-0.25, -0.2) is 13.1 Å². The standard InChI is InChI=1S/C11H15N5O4S/c1-7(11-12-15-16-13-11)14-21(18,19)10-5-8(6-17)3-4-9(10)20-2/h3-5,7,14,17H,6H2,1-2H3,(H,12,13,15,16). The molecule has 1 unspecified atom stereocenters. The summed E-state index contributed by atoms with van der Waals surface area (Å²) in [5.74, 6) is 0.399. The molecule has 21 heavy (non-hydrogen) atoms. The lowest BCUT2D eigenvalue weighted by Crippen LogP contribution is -2.28. The number of rotatable bonds is 6. The molecule has 0 aliphatic heterocycles. The number of H-pyrrole nitrogens is 1. The number of hydrogen-bond donors (Lipinski definition) is 3. The molecule has 0 amide bonds. The van der Waals surface area contributed by atoms with Gasteiger partial charge in [0.2, 0.25) is 10.0 Å². The Kier molecular flexibility index (Phi) is 4.50. The Labute approximate surface area is 121 Å². The molecule has 3 N–H and O–H groups in total. The van der Waals surface area contributed by atoms with Gasteiger partial charge < -0.3 is 9.84 Å². The molecule has 0 radical (unpaired) electrons. The summed E-state index contributed by atoms with van der Waals surface area (Å²) in [6.45, 7) is 1.32. The largest absolute Gasteiger partial charge is 0.495 e. The van der Waals surface area contributed by atoms with Gasteiger partial charge in [0.25, 0.3) is 0 Å². The Balaban J connectivity index is 2.34. The number of aromatic nitrogens is 4. The number of tetrazole rings is 1. The summed E-state index contributed by atoms with van der Waals surface area (Å²) in [4.78, 5) is -0.0631. The first kappa shape index (κ1) is 15.4. The van der Waals surface area contributed by atoms with Crippen molar-refractivity contribution < 1.29 is 18.3 Å². The number of methoxy groups -OCH3 is 1. The van der Waals surface area contributed by atoms with E-state index in [4.69, 9.17) is 9.84 Å². The van der Waals surface area contributed by atoms with Crippen molar-refractivity contribution >= 4 is 10.0 Å². The lowest BCUT2D eigenvalue weighted by atomic mass is 10.2. The fraction of sp³-hybridized carbons (Fsp3) is 0.364. The number of nitrogens with one attached hydrogen (secondary N) is 2. The molecule has 0 saturated heterocycles. The van der Waals surface area contributed by atoms with E-state index in [1.54, 1.807) is 13.0 Å². The van der Waals surface area contributed by atoms with Crippen molar-refractivity contribution in [1.82, 2.24) is 25.3 Å². The van der Waals surface area contributed by atoms with Gasteiger partial charge in [-0.1, -0.05) is 11.3 Å². The third kappa shape index (κ3) is 3.35. The molecule has 1 atom stereocenters. The number of hydrogen-bond acceptors (Lipinski definition) is 7. The number of aliphatic hydroxyl groups excluding tert-OH is 1. The predicted octanol–water partition coefficient (Wildman–Crippen LogP) is -0.260. The average molecular weight is 313 g/mol. The van der Waals surface area contributed by atoms with Gasteiger partial charge in [0, 0.05) is 0 Å². The highest BCUT2D eigenvalue weighted by atomic mass is 32.2. The molecule has 2 aromatic rings. The van der Waals surface area contributed by atoms with Gasteiger partial charge in [-0.15, -0.1) is 10.2 Å². The third-order valence-corrected chi connectivity index (χ3v) is 4.34. The van der Waals surface area contributed by atoms with Crippen LogP contribution in [0, 0.1) is 0 Å². The van der Waals surface area contributed by atoms with Gasteiger partial charge in [0.1, 0.15) is 10.6 Å². The molecule has 0 saturated carbocycles. The quantitative estimate of drug-likeness (QED) is 0.669. The monoisotopic (exact) mass is 313 g/mol. The normalized spacial score (nSPS) is 13.1. The van der Waals surface area contributed by atoms with Crippen LogP contribution in [0.15, 0.2) is 23.1 Å². The maximum Gasteiger partial charge on any atom is 0.244 e. The topological polar surface area (TPSA) is 130 Å². The second-order valence-corrected chi connectivity index (χ2v) is 5.94. The Bertz CT molecular complexity index is 701. The van der Waals surface area contributed by atoms with Gasteiger partial charge in [-0.2, -0.15) is 5.21 Å². The Morgan fingerprint density at radius 1 is 1.48 bits per heavy atom. The molecular formula is C11H15N5O4S. The Morgan fingerprint density at radius 3 is 2.81 bits per heavy atom. The van der Waals surface area contributed by atoms with Crippen LogP contribution in [-0.2, 0) is 16.6 Å². The van der Waals surface area contributed by atoms with Gasteiger partial charge in [-0.3, -0.25) is 0 Å². The second-order valence-electron chi connectivity index (χ2n) is 4.26. The van der Waals surface area contributed by atoms with E-state index in [1.807, 2.05) is 0 Å². The van der Waals surface area contributed by atoms with E-state index in [1.165, 1.54) is 19.2 Å². The lowest BCUT2D eigenvalue weighted by Gasteiger charge is -2.14.